The molecule has 1 saturated carbocycles. The zero-order valence-corrected chi connectivity index (χ0v) is 12.4. The van der Waals surface area contributed by atoms with Crippen LogP contribution in [0.4, 0.5) is 4.39 Å². The van der Waals surface area contributed by atoms with Gasteiger partial charge in [-0.15, -0.1) is 0 Å². The van der Waals surface area contributed by atoms with Gasteiger partial charge in [0.25, 0.3) is 0 Å². The second kappa shape index (κ2) is 7.68. The minimum Gasteiger partial charge on any atom is -0.508 e. The molecule has 3 rings (SSSR count). The number of phenols is 1. The maximum absolute atomic E-state index is 11.0. The molecule has 1 aliphatic rings. The zero-order chi connectivity index (χ0) is 15.1. The van der Waals surface area contributed by atoms with Gasteiger partial charge in [0, 0.05) is 12.1 Å². The van der Waals surface area contributed by atoms with Gasteiger partial charge in [0.1, 0.15) is 12.4 Å². The largest absolute Gasteiger partial charge is 0.508 e. The van der Waals surface area contributed by atoms with Gasteiger partial charge in [-0.2, -0.15) is 0 Å². The fourth-order valence-corrected chi connectivity index (χ4v) is 1.66. The normalized spacial score (nSPS) is 13.0. The Morgan fingerprint density at radius 2 is 2.05 bits per heavy atom. The smallest absolute Gasteiger partial charge is 0.117 e. The van der Waals surface area contributed by atoms with Gasteiger partial charge in [-0.05, 0) is 37.5 Å². The lowest BCUT2D eigenvalue weighted by Gasteiger charge is -2.00. The minimum atomic E-state index is -0.389. The van der Waals surface area contributed by atoms with E-state index in [0.717, 1.165) is 11.0 Å². The fourth-order valence-electron chi connectivity index (χ4n) is 1.66. The van der Waals surface area contributed by atoms with E-state index in [1.807, 2.05) is 26.2 Å². The third-order valence-electron chi connectivity index (χ3n) is 2.73. The van der Waals surface area contributed by atoms with Crippen molar-refractivity contribution in [2.24, 2.45) is 0 Å². The number of alkyl halides is 1. The highest BCUT2D eigenvalue weighted by atomic mass is 19.1. The summed E-state index contributed by atoms with van der Waals surface area (Å²) < 4.78 is 13.2. The highest BCUT2D eigenvalue weighted by Gasteiger charge is 2.24. The van der Waals surface area contributed by atoms with Crippen LogP contribution < -0.4 is 0 Å². The van der Waals surface area contributed by atoms with Crippen LogP contribution in [-0.4, -0.2) is 21.3 Å². The van der Waals surface area contributed by atoms with E-state index < -0.39 is 0 Å². The molecule has 0 atom stereocenters. The van der Waals surface area contributed by atoms with Crippen LogP contribution in [0.25, 0.3) is 11.0 Å². The third kappa shape index (κ3) is 4.37. The van der Waals surface area contributed by atoms with Crippen LogP contribution in [0.3, 0.4) is 0 Å². The number of fused-ring (bicyclic) bond motifs is 1. The number of imidazole rings is 1. The molecule has 1 fully saturated rings. The van der Waals surface area contributed by atoms with E-state index >= 15 is 0 Å². The average Bonchev–Trinajstić information content (AvgIpc) is 3.22. The van der Waals surface area contributed by atoms with Crippen molar-refractivity contribution < 1.29 is 9.50 Å². The van der Waals surface area contributed by atoms with E-state index in [2.05, 4.69) is 16.1 Å². The van der Waals surface area contributed by atoms with Crippen LogP contribution >= 0.6 is 0 Å². The number of nitrogens with zero attached hydrogens (tertiary/aromatic N) is 2. The fraction of sp³-hybridized carbons (Fsp3) is 0.438. The number of hydrogen-bond donors (Lipinski definition) is 1. The summed E-state index contributed by atoms with van der Waals surface area (Å²) in [5, 5.41) is 9.33. The minimum absolute atomic E-state index is 0.315. The number of aromatic hydroxyl groups is 1. The number of phenolic OH excluding ortho intramolecular Hbond substituents is 1. The molecule has 20 heavy (non-hydrogen) atoms. The Kier molecular flexibility index (Phi) is 6.22. The SMILES string of the molecule is C=C(C)CF.CC.Oc1ccc2ncn(C3CC3)c2c1. The maximum atomic E-state index is 11.0. The molecule has 110 valence electrons. The predicted octanol–water partition coefficient (Wildman–Crippen LogP) is 4.64. The zero-order valence-electron chi connectivity index (χ0n) is 12.4. The highest BCUT2D eigenvalue weighted by Crippen LogP contribution is 2.37. The number of benzene rings is 1. The molecule has 1 aromatic carbocycles. The van der Waals surface area contributed by atoms with Crippen molar-refractivity contribution in [1.29, 1.82) is 0 Å². The van der Waals surface area contributed by atoms with Crippen LogP contribution in [-0.2, 0) is 0 Å². The first-order valence-electron chi connectivity index (χ1n) is 6.97. The van der Waals surface area contributed by atoms with Gasteiger partial charge in [0.2, 0.25) is 0 Å². The van der Waals surface area contributed by atoms with Crippen molar-refractivity contribution in [3.05, 3.63) is 36.7 Å². The highest BCUT2D eigenvalue weighted by molar-refractivity contribution is 5.77. The summed E-state index contributed by atoms with van der Waals surface area (Å²) in [6.45, 7) is 8.56. The van der Waals surface area contributed by atoms with Gasteiger partial charge in [-0.3, -0.25) is 0 Å². The Morgan fingerprint density at radius 3 is 2.55 bits per heavy atom. The predicted molar refractivity (Wildman–Crippen MR) is 81.8 cm³/mol. The van der Waals surface area contributed by atoms with Gasteiger partial charge in [0.05, 0.1) is 17.4 Å². The van der Waals surface area contributed by atoms with Crippen LogP contribution in [0.2, 0.25) is 0 Å². The Balaban J connectivity index is 0.000000247. The van der Waals surface area contributed by atoms with E-state index in [0.29, 0.717) is 17.4 Å². The van der Waals surface area contributed by atoms with Gasteiger partial charge in [-0.1, -0.05) is 20.4 Å². The van der Waals surface area contributed by atoms with Crippen molar-refractivity contribution in [3.63, 3.8) is 0 Å². The lowest BCUT2D eigenvalue weighted by atomic mass is 10.3. The summed E-state index contributed by atoms with van der Waals surface area (Å²) >= 11 is 0. The Labute approximate surface area is 119 Å². The first-order valence-corrected chi connectivity index (χ1v) is 6.97. The molecule has 0 unspecified atom stereocenters. The molecular formula is C16H23FN2O. The summed E-state index contributed by atoms with van der Waals surface area (Å²) in [6, 6.07) is 5.92. The maximum Gasteiger partial charge on any atom is 0.117 e. The lowest BCUT2D eigenvalue weighted by Crippen LogP contribution is -1.89. The standard InChI is InChI=1S/C10H10N2O.C4H7F.C2H6/c13-8-3-4-9-10(5-8)12(6-11-9)7-1-2-7;1-4(2)3-5;1-2/h3-7,13H,1-2H2;1,3H2,2H3;1-2H3. The Hall–Kier alpha value is -1.84. The van der Waals surface area contributed by atoms with Gasteiger partial charge >= 0.3 is 0 Å². The van der Waals surface area contributed by atoms with Crippen LogP contribution in [0.5, 0.6) is 5.75 Å². The van der Waals surface area contributed by atoms with E-state index in [9.17, 15) is 9.50 Å². The molecule has 0 amide bonds. The van der Waals surface area contributed by atoms with Gasteiger partial charge in [0.15, 0.2) is 0 Å². The summed E-state index contributed by atoms with van der Waals surface area (Å²) in [7, 11) is 0. The number of aromatic nitrogens is 2. The second-order valence-corrected chi connectivity index (χ2v) is 4.65. The quantitative estimate of drug-likeness (QED) is 0.813. The Morgan fingerprint density at radius 1 is 1.45 bits per heavy atom. The molecule has 3 nitrogen and oxygen atoms in total. The second-order valence-electron chi connectivity index (χ2n) is 4.65. The van der Waals surface area contributed by atoms with Crippen LogP contribution in [0, 0.1) is 0 Å². The van der Waals surface area contributed by atoms with Crippen LogP contribution in [0.1, 0.15) is 39.7 Å². The first-order chi connectivity index (χ1) is 9.61. The molecule has 4 heteroatoms. The van der Waals surface area contributed by atoms with Gasteiger partial charge < -0.3 is 9.67 Å². The van der Waals surface area contributed by atoms with Crippen molar-refractivity contribution in [2.75, 3.05) is 6.67 Å². The summed E-state index contributed by atoms with van der Waals surface area (Å²) in [6.07, 6.45) is 4.34. The molecule has 1 aromatic heterocycles. The van der Waals surface area contributed by atoms with Gasteiger partial charge in [-0.25, -0.2) is 9.37 Å². The molecular weight excluding hydrogens is 255 g/mol. The van der Waals surface area contributed by atoms with E-state index in [4.69, 9.17) is 0 Å². The molecule has 0 spiro atoms. The number of rotatable bonds is 2. The summed E-state index contributed by atoms with van der Waals surface area (Å²) in [5.74, 6) is 0.315. The monoisotopic (exact) mass is 278 g/mol. The molecule has 0 radical (unpaired) electrons. The molecule has 0 aliphatic heterocycles. The molecule has 0 saturated heterocycles. The molecule has 1 aliphatic carbocycles. The number of hydrogen-bond acceptors (Lipinski definition) is 2. The van der Waals surface area contributed by atoms with Crippen molar-refractivity contribution in [1.82, 2.24) is 9.55 Å². The summed E-state index contributed by atoms with van der Waals surface area (Å²) in [5.41, 5.74) is 2.59. The van der Waals surface area contributed by atoms with E-state index in [1.165, 1.54) is 12.8 Å². The van der Waals surface area contributed by atoms with Crippen molar-refractivity contribution in [3.8, 4) is 5.75 Å². The van der Waals surface area contributed by atoms with Crippen molar-refractivity contribution >= 4 is 11.0 Å². The average molecular weight is 278 g/mol. The van der Waals surface area contributed by atoms with Crippen LogP contribution in [0.15, 0.2) is 36.7 Å². The van der Waals surface area contributed by atoms with E-state index in [-0.39, 0.29) is 6.67 Å². The van der Waals surface area contributed by atoms with E-state index in [1.54, 1.807) is 19.1 Å². The molecule has 1 N–H and O–H groups in total. The molecule has 2 aromatic rings. The third-order valence-corrected chi connectivity index (χ3v) is 2.73. The summed E-state index contributed by atoms with van der Waals surface area (Å²) in [4.78, 5) is 4.27. The van der Waals surface area contributed by atoms with Crippen molar-refractivity contribution in [2.45, 2.75) is 39.7 Å². The number of halogens is 1. The topological polar surface area (TPSA) is 38.1 Å². The first kappa shape index (κ1) is 16.2. The number of allylic oxidation sites excluding steroid dienone is 1. The Bertz CT molecular complexity index is 559. The molecule has 1 heterocycles. The lowest BCUT2D eigenvalue weighted by molar-refractivity contribution is 0.476. The molecule has 0 bridgehead atoms.